The molecule has 168 valence electrons. The zero-order valence-electron chi connectivity index (χ0n) is 18.5. The highest BCUT2D eigenvalue weighted by Gasteiger charge is 2.20. The molecule has 1 unspecified atom stereocenters. The van der Waals surface area contributed by atoms with E-state index in [0.29, 0.717) is 23.1 Å². The number of carbonyl (C=O) groups is 2. The molecule has 2 amide bonds. The lowest BCUT2D eigenvalue weighted by molar-refractivity contribution is -0.113. The van der Waals surface area contributed by atoms with E-state index in [-0.39, 0.29) is 23.6 Å². The number of fused-ring (bicyclic) bond motifs is 1. The van der Waals surface area contributed by atoms with Gasteiger partial charge in [-0.2, -0.15) is 0 Å². The van der Waals surface area contributed by atoms with Crippen molar-refractivity contribution in [1.29, 1.82) is 0 Å². The molecule has 0 aliphatic rings. The van der Waals surface area contributed by atoms with Gasteiger partial charge in [-0.05, 0) is 37.4 Å². The minimum atomic E-state index is -0.330. The standard InChI is InChI=1S/C25H25N5O2S/c1-3-30-23(17(2)26-24(32)19-11-5-4-6-12-19)28-29-25(30)33-16-22(31)27-21-15-9-13-18-10-7-8-14-20(18)21/h4-15,17H,3,16H2,1-2H3,(H,26,32)(H,27,31). The number of carbonyl (C=O) groups excluding carboxylic acids is 2. The van der Waals surface area contributed by atoms with E-state index in [2.05, 4.69) is 20.8 Å². The molecule has 0 spiro atoms. The van der Waals surface area contributed by atoms with Crippen LogP contribution in [0.15, 0.2) is 78.0 Å². The Kier molecular flexibility index (Phi) is 7.04. The Labute approximate surface area is 196 Å². The molecule has 0 bridgehead atoms. The molecule has 0 radical (unpaired) electrons. The molecule has 33 heavy (non-hydrogen) atoms. The first-order chi connectivity index (χ1) is 16.1. The molecule has 1 aromatic heterocycles. The summed E-state index contributed by atoms with van der Waals surface area (Å²) >= 11 is 1.32. The maximum atomic E-state index is 12.6. The van der Waals surface area contributed by atoms with Crippen molar-refractivity contribution in [1.82, 2.24) is 20.1 Å². The first-order valence-corrected chi connectivity index (χ1v) is 11.7. The third kappa shape index (κ3) is 5.23. The number of anilines is 1. The van der Waals surface area contributed by atoms with Crippen molar-refractivity contribution < 1.29 is 9.59 Å². The summed E-state index contributed by atoms with van der Waals surface area (Å²) in [5, 5.41) is 17.2. The Balaban J connectivity index is 1.40. The monoisotopic (exact) mass is 459 g/mol. The van der Waals surface area contributed by atoms with Gasteiger partial charge in [0.15, 0.2) is 11.0 Å². The number of aromatic nitrogens is 3. The van der Waals surface area contributed by atoms with E-state index in [4.69, 9.17) is 0 Å². The first kappa shape index (κ1) is 22.5. The van der Waals surface area contributed by atoms with Crippen LogP contribution in [0.25, 0.3) is 10.8 Å². The van der Waals surface area contributed by atoms with E-state index in [9.17, 15) is 9.59 Å². The zero-order chi connectivity index (χ0) is 23.2. The van der Waals surface area contributed by atoms with Crippen LogP contribution in [-0.2, 0) is 11.3 Å². The number of rotatable bonds is 8. The molecule has 0 fully saturated rings. The molecule has 1 atom stereocenters. The first-order valence-electron chi connectivity index (χ1n) is 10.8. The van der Waals surface area contributed by atoms with E-state index in [1.54, 1.807) is 12.1 Å². The van der Waals surface area contributed by atoms with Crippen molar-refractivity contribution in [2.24, 2.45) is 0 Å². The summed E-state index contributed by atoms with van der Waals surface area (Å²) in [5.41, 5.74) is 1.38. The van der Waals surface area contributed by atoms with Crippen molar-refractivity contribution in [3.8, 4) is 0 Å². The molecular formula is C25H25N5O2S. The van der Waals surface area contributed by atoms with Crippen LogP contribution < -0.4 is 10.6 Å². The number of thioether (sulfide) groups is 1. The molecule has 3 aromatic carbocycles. The highest BCUT2D eigenvalue weighted by molar-refractivity contribution is 7.99. The van der Waals surface area contributed by atoms with Gasteiger partial charge in [-0.15, -0.1) is 10.2 Å². The van der Waals surface area contributed by atoms with Gasteiger partial charge in [0.05, 0.1) is 11.8 Å². The molecule has 2 N–H and O–H groups in total. The number of hydrogen-bond donors (Lipinski definition) is 2. The number of nitrogens with zero attached hydrogens (tertiary/aromatic N) is 3. The fraction of sp³-hybridized carbons (Fsp3) is 0.200. The summed E-state index contributed by atoms with van der Waals surface area (Å²) in [7, 11) is 0. The Hall–Kier alpha value is -3.65. The molecule has 4 rings (SSSR count). The van der Waals surface area contributed by atoms with Gasteiger partial charge >= 0.3 is 0 Å². The molecule has 0 aliphatic carbocycles. The second-order valence-corrected chi connectivity index (χ2v) is 8.45. The highest BCUT2D eigenvalue weighted by atomic mass is 32.2. The van der Waals surface area contributed by atoms with Crippen LogP contribution in [0.4, 0.5) is 5.69 Å². The third-order valence-corrected chi connectivity index (χ3v) is 6.20. The van der Waals surface area contributed by atoms with Crippen molar-refractivity contribution >= 4 is 40.0 Å². The Morgan fingerprint density at radius 1 is 0.970 bits per heavy atom. The Morgan fingerprint density at radius 2 is 1.70 bits per heavy atom. The van der Waals surface area contributed by atoms with Gasteiger partial charge in [0.1, 0.15) is 0 Å². The van der Waals surface area contributed by atoms with Gasteiger partial charge in [-0.25, -0.2) is 0 Å². The second kappa shape index (κ2) is 10.3. The molecule has 0 saturated carbocycles. The number of nitrogens with one attached hydrogen (secondary N) is 2. The minimum Gasteiger partial charge on any atom is -0.342 e. The van der Waals surface area contributed by atoms with Gasteiger partial charge in [0.25, 0.3) is 5.91 Å². The van der Waals surface area contributed by atoms with Crippen molar-refractivity contribution in [2.75, 3.05) is 11.1 Å². The maximum absolute atomic E-state index is 12.6. The van der Waals surface area contributed by atoms with E-state index in [0.717, 1.165) is 16.5 Å². The summed E-state index contributed by atoms with van der Waals surface area (Å²) in [6.45, 7) is 4.48. The summed E-state index contributed by atoms with van der Waals surface area (Å²) in [6, 6.07) is 22.5. The summed E-state index contributed by atoms with van der Waals surface area (Å²) in [4.78, 5) is 25.1. The third-order valence-electron chi connectivity index (χ3n) is 5.23. The van der Waals surface area contributed by atoms with Gasteiger partial charge < -0.3 is 15.2 Å². The van der Waals surface area contributed by atoms with Crippen LogP contribution in [0, 0.1) is 0 Å². The number of amides is 2. The molecule has 4 aromatic rings. The minimum absolute atomic E-state index is 0.117. The van der Waals surface area contributed by atoms with Crippen LogP contribution in [-0.4, -0.2) is 32.3 Å². The SMILES string of the molecule is CCn1c(SCC(=O)Nc2cccc3ccccc23)nnc1C(C)NC(=O)c1ccccc1. The topological polar surface area (TPSA) is 88.9 Å². The fourth-order valence-corrected chi connectivity index (χ4v) is 4.42. The van der Waals surface area contributed by atoms with E-state index in [1.807, 2.05) is 79.1 Å². The lowest BCUT2D eigenvalue weighted by atomic mass is 10.1. The van der Waals surface area contributed by atoms with Gasteiger partial charge in [-0.1, -0.05) is 66.4 Å². The second-order valence-electron chi connectivity index (χ2n) is 7.51. The molecule has 8 heteroatoms. The lowest BCUT2D eigenvalue weighted by Gasteiger charge is -2.15. The van der Waals surface area contributed by atoms with Crippen LogP contribution >= 0.6 is 11.8 Å². The van der Waals surface area contributed by atoms with Gasteiger partial charge in [-0.3, -0.25) is 9.59 Å². The molecule has 0 saturated heterocycles. The summed E-state index contributed by atoms with van der Waals surface area (Å²) in [5.74, 6) is 0.566. The summed E-state index contributed by atoms with van der Waals surface area (Å²) < 4.78 is 1.92. The summed E-state index contributed by atoms with van der Waals surface area (Å²) in [6.07, 6.45) is 0. The zero-order valence-corrected chi connectivity index (χ0v) is 19.3. The smallest absolute Gasteiger partial charge is 0.251 e. The molecule has 7 nitrogen and oxygen atoms in total. The fourth-order valence-electron chi connectivity index (χ4n) is 3.61. The molecule has 1 heterocycles. The van der Waals surface area contributed by atoms with Gasteiger partial charge in [0, 0.05) is 23.2 Å². The Morgan fingerprint density at radius 3 is 2.48 bits per heavy atom. The molecular weight excluding hydrogens is 434 g/mol. The van der Waals surface area contributed by atoms with Crippen LogP contribution in [0.2, 0.25) is 0 Å². The average molecular weight is 460 g/mol. The average Bonchev–Trinajstić information content (AvgIpc) is 3.26. The van der Waals surface area contributed by atoms with Crippen molar-refractivity contribution in [3.63, 3.8) is 0 Å². The van der Waals surface area contributed by atoms with E-state index < -0.39 is 0 Å². The largest absolute Gasteiger partial charge is 0.342 e. The van der Waals surface area contributed by atoms with Crippen molar-refractivity contribution in [3.05, 3.63) is 84.2 Å². The lowest BCUT2D eigenvalue weighted by Crippen LogP contribution is -2.28. The quantitative estimate of drug-likeness (QED) is 0.374. The Bertz CT molecular complexity index is 1270. The van der Waals surface area contributed by atoms with E-state index >= 15 is 0 Å². The van der Waals surface area contributed by atoms with Crippen molar-refractivity contribution in [2.45, 2.75) is 31.6 Å². The number of hydrogen-bond acceptors (Lipinski definition) is 5. The van der Waals surface area contributed by atoms with E-state index in [1.165, 1.54) is 11.8 Å². The molecule has 0 aliphatic heterocycles. The van der Waals surface area contributed by atoms with Gasteiger partial charge in [0.2, 0.25) is 5.91 Å². The number of benzene rings is 3. The predicted octanol–water partition coefficient (Wildman–Crippen LogP) is 4.67. The van der Waals surface area contributed by atoms with Crippen LogP contribution in [0.1, 0.15) is 36.1 Å². The van der Waals surface area contributed by atoms with Crippen LogP contribution in [0.3, 0.4) is 0 Å². The normalized spacial score (nSPS) is 11.8. The van der Waals surface area contributed by atoms with Crippen LogP contribution in [0.5, 0.6) is 0 Å². The highest BCUT2D eigenvalue weighted by Crippen LogP contribution is 2.24. The predicted molar refractivity (Wildman–Crippen MR) is 131 cm³/mol. The maximum Gasteiger partial charge on any atom is 0.251 e.